The maximum Gasteiger partial charge on any atom is 0.244 e. The molecular formula is C27H28N4O. The minimum absolute atomic E-state index is 0.137. The Bertz CT molecular complexity index is 1260. The highest BCUT2D eigenvalue weighted by molar-refractivity contribution is 5.99. The summed E-state index contributed by atoms with van der Waals surface area (Å²) in [6.07, 6.45) is 0. The van der Waals surface area contributed by atoms with E-state index in [1.54, 1.807) is 4.68 Å². The molecule has 162 valence electrons. The van der Waals surface area contributed by atoms with E-state index in [1.807, 2.05) is 24.8 Å². The van der Waals surface area contributed by atoms with Gasteiger partial charge in [-0.2, -0.15) is 5.10 Å². The largest absolute Gasteiger partial charge is 0.367 e. The van der Waals surface area contributed by atoms with Gasteiger partial charge in [-0.15, -0.1) is 0 Å². The maximum atomic E-state index is 12.9. The monoisotopic (exact) mass is 424 g/mol. The van der Waals surface area contributed by atoms with Crippen molar-refractivity contribution in [2.24, 2.45) is 0 Å². The highest BCUT2D eigenvalue weighted by Gasteiger charge is 2.23. The van der Waals surface area contributed by atoms with Gasteiger partial charge in [-0.3, -0.25) is 9.48 Å². The molecule has 1 aromatic heterocycles. The van der Waals surface area contributed by atoms with Gasteiger partial charge in [0.05, 0.1) is 5.69 Å². The third kappa shape index (κ3) is 3.86. The summed E-state index contributed by atoms with van der Waals surface area (Å²) in [6, 6.07) is 25.7. The number of fused-ring (bicyclic) bond motifs is 1. The van der Waals surface area contributed by atoms with Crippen molar-refractivity contribution in [1.29, 1.82) is 0 Å². The van der Waals surface area contributed by atoms with Crippen LogP contribution in [0.2, 0.25) is 0 Å². The molecule has 0 N–H and O–H groups in total. The smallest absolute Gasteiger partial charge is 0.244 e. The van der Waals surface area contributed by atoms with E-state index in [0.717, 1.165) is 37.6 Å². The van der Waals surface area contributed by atoms with Gasteiger partial charge in [0.25, 0.3) is 0 Å². The molecule has 2 heterocycles. The number of nitrogens with zero attached hydrogens (tertiary/aromatic N) is 4. The molecule has 0 atom stereocenters. The first-order valence-corrected chi connectivity index (χ1v) is 11.2. The summed E-state index contributed by atoms with van der Waals surface area (Å²) < 4.78 is 1.81. The quantitative estimate of drug-likeness (QED) is 0.478. The molecular weight excluding hydrogens is 396 g/mol. The first-order chi connectivity index (χ1) is 15.6. The highest BCUT2D eigenvalue weighted by atomic mass is 16.2. The molecule has 0 bridgehead atoms. The van der Waals surface area contributed by atoms with Crippen LogP contribution in [0.1, 0.15) is 11.4 Å². The molecule has 0 saturated carbocycles. The van der Waals surface area contributed by atoms with Crippen LogP contribution in [0.3, 0.4) is 0 Å². The number of hydrogen-bond donors (Lipinski definition) is 0. The Kier molecular flexibility index (Phi) is 5.39. The van der Waals surface area contributed by atoms with Gasteiger partial charge in [-0.05, 0) is 42.3 Å². The molecule has 32 heavy (non-hydrogen) atoms. The Balaban J connectivity index is 1.35. The summed E-state index contributed by atoms with van der Waals surface area (Å²) in [5.41, 5.74) is 5.70. The zero-order valence-electron chi connectivity index (χ0n) is 18.7. The second-order valence-corrected chi connectivity index (χ2v) is 8.50. The molecule has 0 aliphatic carbocycles. The second-order valence-electron chi connectivity index (χ2n) is 8.50. The lowest BCUT2D eigenvalue weighted by atomic mass is 9.96. The van der Waals surface area contributed by atoms with Crippen molar-refractivity contribution in [3.8, 4) is 11.1 Å². The number of piperazine rings is 1. The molecule has 1 saturated heterocycles. The number of anilines is 1. The van der Waals surface area contributed by atoms with Crippen molar-refractivity contribution in [2.45, 2.75) is 20.4 Å². The van der Waals surface area contributed by atoms with Crippen molar-refractivity contribution in [1.82, 2.24) is 14.7 Å². The fourth-order valence-corrected chi connectivity index (χ4v) is 4.70. The van der Waals surface area contributed by atoms with Gasteiger partial charge < -0.3 is 9.80 Å². The number of para-hydroxylation sites is 1. The number of benzene rings is 3. The molecule has 5 rings (SSSR count). The molecule has 1 aliphatic heterocycles. The van der Waals surface area contributed by atoms with E-state index in [2.05, 4.69) is 76.7 Å². The molecule has 4 aromatic rings. The van der Waals surface area contributed by atoms with Gasteiger partial charge in [-0.25, -0.2) is 0 Å². The molecule has 1 amide bonds. The fraction of sp³-hybridized carbons (Fsp3) is 0.259. The lowest BCUT2D eigenvalue weighted by Crippen LogP contribution is -2.49. The normalized spacial score (nSPS) is 14.2. The lowest BCUT2D eigenvalue weighted by Gasteiger charge is -2.37. The van der Waals surface area contributed by atoms with Gasteiger partial charge in [0.15, 0.2) is 0 Å². The Labute approximate surface area is 188 Å². The number of carbonyl (C=O) groups is 1. The van der Waals surface area contributed by atoms with Crippen LogP contribution in [0.15, 0.2) is 72.8 Å². The van der Waals surface area contributed by atoms with Crippen molar-refractivity contribution >= 4 is 22.4 Å². The first kappa shape index (κ1) is 20.3. The Morgan fingerprint density at radius 3 is 2.31 bits per heavy atom. The van der Waals surface area contributed by atoms with E-state index in [4.69, 9.17) is 0 Å². The predicted octanol–water partition coefficient (Wildman–Crippen LogP) is 4.67. The number of rotatable bonds is 4. The summed E-state index contributed by atoms with van der Waals surface area (Å²) in [5, 5.41) is 6.95. The zero-order chi connectivity index (χ0) is 22.1. The lowest BCUT2D eigenvalue weighted by molar-refractivity contribution is -0.132. The summed E-state index contributed by atoms with van der Waals surface area (Å²) in [5.74, 6) is 0.137. The average Bonchev–Trinajstić information content (AvgIpc) is 3.15. The van der Waals surface area contributed by atoms with Gasteiger partial charge in [-0.1, -0.05) is 60.7 Å². The fourth-order valence-electron chi connectivity index (χ4n) is 4.70. The maximum absolute atomic E-state index is 12.9. The number of amides is 1. The van der Waals surface area contributed by atoms with Crippen LogP contribution in [0.25, 0.3) is 21.9 Å². The topological polar surface area (TPSA) is 41.4 Å². The van der Waals surface area contributed by atoms with E-state index < -0.39 is 0 Å². The minimum Gasteiger partial charge on any atom is -0.367 e. The van der Waals surface area contributed by atoms with Crippen molar-refractivity contribution < 1.29 is 4.79 Å². The van der Waals surface area contributed by atoms with Crippen LogP contribution in [-0.4, -0.2) is 46.8 Å². The van der Waals surface area contributed by atoms with Gasteiger partial charge in [0, 0.05) is 43.1 Å². The summed E-state index contributed by atoms with van der Waals surface area (Å²) >= 11 is 0. The van der Waals surface area contributed by atoms with E-state index in [-0.39, 0.29) is 5.91 Å². The van der Waals surface area contributed by atoms with E-state index in [0.29, 0.717) is 6.54 Å². The number of aryl methyl sites for hydroxylation is 2. The standard InChI is InChI=1S/C27H28N4O/c1-20-18-21(2)31(28-20)19-27(32)30-16-14-29(15-17-30)26-13-6-5-11-25(26)24-12-7-9-22-8-3-4-10-23(22)24/h3-13,18H,14-17,19H2,1-2H3. The van der Waals surface area contributed by atoms with Crippen LogP contribution in [-0.2, 0) is 11.3 Å². The number of hydrogen-bond acceptors (Lipinski definition) is 3. The summed E-state index contributed by atoms with van der Waals surface area (Å²) in [6.45, 7) is 7.36. The molecule has 1 aliphatic rings. The summed E-state index contributed by atoms with van der Waals surface area (Å²) in [4.78, 5) is 17.2. The van der Waals surface area contributed by atoms with Gasteiger partial charge >= 0.3 is 0 Å². The van der Waals surface area contributed by atoms with Crippen molar-refractivity contribution in [3.05, 3.63) is 84.2 Å². The Morgan fingerprint density at radius 1 is 0.844 bits per heavy atom. The van der Waals surface area contributed by atoms with Gasteiger partial charge in [0.2, 0.25) is 5.91 Å². The molecule has 0 radical (unpaired) electrons. The van der Waals surface area contributed by atoms with Gasteiger partial charge in [0.1, 0.15) is 6.54 Å². The van der Waals surface area contributed by atoms with E-state index in [1.165, 1.54) is 27.6 Å². The summed E-state index contributed by atoms with van der Waals surface area (Å²) in [7, 11) is 0. The molecule has 1 fully saturated rings. The number of aromatic nitrogens is 2. The molecule has 0 unspecified atom stereocenters. The third-order valence-corrected chi connectivity index (χ3v) is 6.35. The highest BCUT2D eigenvalue weighted by Crippen LogP contribution is 2.35. The van der Waals surface area contributed by atoms with Crippen molar-refractivity contribution in [3.63, 3.8) is 0 Å². The second kappa shape index (κ2) is 8.50. The Morgan fingerprint density at radius 2 is 1.53 bits per heavy atom. The van der Waals surface area contributed by atoms with E-state index >= 15 is 0 Å². The van der Waals surface area contributed by atoms with Crippen LogP contribution < -0.4 is 4.90 Å². The van der Waals surface area contributed by atoms with Crippen LogP contribution >= 0.6 is 0 Å². The molecule has 5 nitrogen and oxygen atoms in total. The van der Waals surface area contributed by atoms with E-state index in [9.17, 15) is 4.79 Å². The molecule has 3 aromatic carbocycles. The molecule has 5 heteroatoms. The van der Waals surface area contributed by atoms with Crippen LogP contribution in [0.4, 0.5) is 5.69 Å². The SMILES string of the molecule is Cc1cc(C)n(CC(=O)N2CCN(c3ccccc3-c3cccc4ccccc34)CC2)n1. The van der Waals surface area contributed by atoms with Crippen molar-refractivity contribution in [2.75, 3.05) is 31.1 Å². The molecule has 0 spiro atoms. The predicted molar refractivity (Wildman–Crippen MR) is 130 cm³/mol. The van der Waals surface area contributed by atoms with Crippen LogP contribution in [0.5, 0.6) is 0 Å². The first-order valence-electron chi connectivity index (χ1n) is 11.2. The third-order valence-electron chi connectivity index (χ3n) is 6.35. The zero-order valence-corrected chi connectivity index (χ0v) is 18.7. The Hall–Kier alpha value is -3.60. The minimum atomic E-state index is 0.137. The number of carbonyl (C=O) groups excluding carboxylic acids is 1. The van der Waals surface area contributed by atoms with Crippen LogP contribution in [0, 0.1) is 13.8 Å². The average molecular weight is 425 g/mol.